The van der Waals surface area contributed by atoms with E-state index in [0.29, 0.717) is 19.6 Å². The molecule has 6 nitrogen and oxygen atoms in total. The molecule has 21 heavy (non-hydrogen) atoms. The Morgan fingerprint density at radius 1 is 1.29 bits per heavy atom. The van der Waals surface area contributed by atoms with Gasteiger partial charge in [-0.2, -0.15) is 0 Å². The van der Waals surface area contributed by atoms with Crippen LogP contribution in [0.25, 0.3) is 0 Å². The van der Waals surface area contributed by atoms with Gasteiger partial charge in [0.05, 0.1) is 6.10 Å². The molecule has 2 heterocycles. The van der Waals surface area contributed by atoms with Crippen LogP contribution in [0, 0.1) is 6.92 Å². The molecule has 2 rings (SSSR count). The summed E-state index contributed by atoms with van der Waals surface area (Å²) in [5.41, 5.74) is 0.145. The maximum Gasteiger partial charge on any atom is 0.134 e. The quantitative estimate of drug-likeness (QED) is 0.741. The number of hydrogen-bond acceptors (Lipinski definition) is 6. The molecule has 6 heteroatoms. The van der Waals surface area contributed by atoms with E-state index in [9.17, 15) is 5.11 Å². The van der Waals surface area contributed by atoms with Crippen molar-refractivity contribution < 1.29 is 9.84 Å². The van der Waals surface area contributed by atoms with Crippen LogP contribution in [0.2, 0.25) is 0 Å². The maximum absolute atomic E-state index is 10.6. The summed E-state index contributed by atoms with van der Waals surface area (Å²) >= 11 is 0. The van der Waals surface area contributed by atoms with Gasteiger partial charge in [-0.25, -0.2) is 9.97 Å². The van der Waals surface area contributed by atoms with Gasteiger partial charge in [-0.3, -0.25) is 0 Å². The highest BCUT2D eigenvalue weighted by Gasteiger charge is 2.39. The summed E-state index contributed by atoms with van der Waals surface area (Å²) in [6, 6.07) is 0. The summed E-state index contributed by atoms with van der Waals surface area (Å²) < 4.78 is 5.46. The lowest BCUT2D eigenvalue weighted by Gasteiger charge is -2.27. The number of anilines is 2. The van der Waals surface area contributed by atoms with Crippen molar-refractivity contribution in [3.05, 3.63) is 11.4 Å². The van der Waals surface area contributed by atoms with Crippen molar-refractivity contribution in [3.8, 4) is 0 Å². The molecule has 0 radical (unpaired) electrons. The Kier molecular flexibility index (Phi) is 5.00. The van der Waals surface area contributed by atoms with E-state index in [1.807, 2.05) is 27.7 Å². The van der Waals surface area contributed by atoms with Gasteiger partial charge in [-0.15, -0.1) is 0 Å². The number of hydrogen-bond donors (Lipinski definition) is 3. The van der Waals surface area contributed by atoms with Gasteiger partial charge < -0.3 is 20.5 Å². The molecule has 0 saturated carbocycles. The molecule has 1 aromatic heterocycles. The zero-order valence-electron chi connectivity index (χ0n) is 13.4. The van der Waals surface area contributed by atoms with Crippen LogP contribution >= 0.6 is 0 Å². The summed E-state index contributed by atoms with van der Waals surface area (Å²) in [5, 5.41) is 17.1. The number of nitrogens with zero attached hydrogens (tertiary/aromatic N) is 2. The van der Waals surface area contributed by atoms with Crippen LogP contribution in [-0.4, -0.2) is 46.5 Å². The molecule has 1 saturated heterocycles. The molecule has 1 aromatic rings. The third-order valence-electron chi connectivity index (χ3n) is 4.07. The van der Waals surface area contributed by atoms with Gasteiger partial charge in [-0.05, 0) is 20.8 Å². The Morgan fingerprint density at radius 2 is 1.95 bits per heavy atom. The van der Waals surface area contributed by atoms with Gasteiger partial charge in [0.1, 0.15) is 23.1 Å². The second-order valence-electron chi connectivity index (χ2n) is 5.57. The van der Waals surface area contributed by atoms with Crippen LogP contribution in [-0.2, 0) is 11.2 Å². The topological polar surface area (TPSA) is 79.3 Å². The predicted octanol–water partition coefficient (Wildman–Crippen LogP) is 1.73. The third kappa shape index (κ3) is 3.44. The zero-order chi connectivity index (χ0) is 15.5. The first-order valence-electron chi connectivity index (χ1n) is 7.69. The Hall–Kier alpha value is -1.40. The number of aliphatic hydroxyl groups is 1. The van der Waals surface area contributed by atoms with Crippen molar-refractivity contribution in [2.24, 2.45) is 0 Å². The van der Waals surface area contributed by atoms with E-state index in [1.165, 1.54) is 0 Å². The number of nitrogens with one attached hydrogen (secondary N) is 2. The van der Waals surface area contributed by atoms with E-state index in [-0.39, 0.29) is 6.10 Å². The Bertz CT molecular complexity index is 495. The summed E-state index contributed by atoms with van der Waals surface area (Å²) in [5.74, 6) is 2.43. The first-order valence-corrected chi connectivity index (χ1v) is 7.69. The molecular weight excluding hydrogens is 268 g/mol. The Labute approximate surface area is 126 Å². The maximum atomic E-state index is 10.6. The molecule has 118 valence electrons. The molecule has 2 atom stereocenters. The lowest BCUT2D eigenvalue weighted by Crippen LogP contribution is -2.43. The summed E-state index contributed by atoms with van der Waals surface area (Å²) in [6.07, 6.45) is 1.26. The number of rotatable bonds is 6. The average molecular weight is 294 g/mol. The first-order chi connectivity index (χ1) is 10.00. The molecule has 0 spiro atoms. The minimum atomic E-state index is -0.831. The molecule has 0 bridgehead atoms. The minimum absolute atomic E-state index is 0.161. The molecule has 0 aromatic carbocycles. The van der Waals surface area contributed by atoms with Gasteiger partial charge in [0.15, 0.2) is 0 Å². The fourth-order valence-corrected chi connectivity index (χ4v) is 2.47. The van der Waals surface area contributed by atoms with Crippen LogP contribution in [0.15, 0.2) is 0 Å². The second kappa shape index (κ2) is 6.58. The monoisotopic (exact) mass is 294 g/mol. The SMILES string of the molecule is CCNc1nc(CC)nc(NCC2(O)CCOC2C)c1C. The minimum Gasteiger partial charge on any atom is -0.385 e. The van der Waals surface area contributed by atoms with E-state index in [2.05, 4.69) is 20.6 Å². The van der Waals surface area contributed by atoms with Gasteiger partial charge in [0.25, 0.3) is 0 Å². The van der Waals surface area contributed by atoms with Gasteiger partial charge in [-0.1, -0.05) is 6.92 Å². The standard InChI is InChI=1S/C15H26N4O2/c1-5-12-18-13(16-6-2)10(3)14(19-12)17-9-15(20)7-8-21-11(15)4/h11,20H,5-9H2,1-4H3,(H2,16,17,18,19). The van der Waals surface area contributed by atoms with E-state index in [4.69, 9.17) is 4.74 Å². The second-order valence-corrected chi connectivity index (χ2v) is 5.57. The molecular formula is C15H26N4O2. The molecule has 1 aliphatic rings. The van der Waals surface area contributed by atoms with E-state index < -0.39 is 5.60 Å². The lowest BCUT2D eigenvalue weighted by atomic mass is 9.97. The number of aromatic nitrogens is 2. The highest BCUT2D eigenvalue weighted by Crippen LogP contribution is 2.27. The summed E-state index contributed by atoms with van der Waals surface area (Å²) in [6.45, 7) is 9.81. The van der Waals surface area contributed by atoms with Gasteiger partial charge >= 0.3 is 0 Å². The van der Waals surface area contributed by atoms with Crippen LogP contribution in [0.3, 0.4) is 0 Å². The van der Waals surface area contributed by atoms with Crippen LogP contribution < -0.4 is 10.6 Å². The van der Waals surface area contributed by atoms with Crippen molar-refractivity contribution in [1.29, 1.82) is 0 Å². The van der Waals surface area contributed by atoms with Gasteiger partial charge in [0.2, 0.25) is 0 Å². The molecule has 1 aliphatic heterocycles. The molecule has 1 fully saturated rings. The summed E-state index contributed by atoms with van der Waals surface area (Å²) in [7, 11) is 0. The predicted molar refractivity (Wildman–Crippen MR) is 83.8 cm³/mol. The van der Waals surface area contributed by atoms with Gasteiger partial charge in [0, 0.05) is 38.1 Å². The van der Waals surface area contributed by atoms with Crippen LogP contribution in [0.1, 0.15) is 38.6 Å². The van der Waals surface area contributed by atoms with Crippen molar-refractivity contribution in [1.82, 2.24) is 9.97 Å². The normalized spacial score (nSPS) is 25.1. The smallest absolute Gasteiger partial charge is 0.134 e. The van der Waals surface area contributed by atoms with Crippen molar-refractivity contribution >= 4 is 11.6 Å². The molecule has 0 aliphatic carbocycles. The van der Waals surface area contributed by atoms with E-state index >= 15 is 0 Å². The van der Waals surface area contributed by atoms with Crippen LogP contribution in [0.5, 0.6) is 0 Å². The molecule has 3 N–H and O–H groups in total. The van der Waals surface area contributed by atoms with E-state index in [0.717, 1.165) is 36.0 Å². The third-order valence-corrected chi connectivity index (χ3v) is 4.07. The fraction of sp³-hybridized carbons (Fsp3) is 0.733. The first kappa shape index (κ1) is 16.0. The number of ether oxygens (including phenoxy) is 1. The Balaban J connectivity index is 2.17. The zero-order valence-corrected chi connectivity index (χ0v) is 13.4. The largest absolute Gasteiger partial charge is 0.385 e. The highest BCUT2D eigenvalue weighted by molar-refractivity contribution is 5.57. The van der Waals surface area contributed by atoms with Crippen molar-refractivity contribution in [2.45, 2.75) is 52.2 Å². The molecule has 0 amide bonds. The fourth-order valence-electron chi connectivity index (χ4n) is 2.47. The molecule has 2 unspecified atom stereocenters. The lowest BCUT2D eigenvalue weighted by molar-refractivity contribution is -0.0176. The average Bonchev–Trinajstić information content (AvgIpc) is 2.80. The van der Waals surface area contributed by atoms with Crippen molar-refractivity contribution in [3.63, 3.8) is 0 Å². The van der Waals surface area contributed by atoms with E-state index in [1.54, 1.807) is 0 Å². The summed E-state index contributed by atoms with van der Waals surface area (Å²) in [4.78, 5) is 9.04. The Morgan fingerprint density at radius 3 is 2.48 bits per heavy atom. The van der Waals surface area contributed by atoms with Crippen LogP contribution in [0.4, 0.5) is 11.6 Å². The highest BCUT2D eigenvalue weighted by atomic mass is 16.5. The van der Waals surface area contributed by atoms with Crippen molar-refractivity contribution in [2.75, 3.05) is 30.3 Å². The number of aryl methyl sites for hydroxylation is 1.